The first-order valence-corrected chi connectivity index (χ1v) is 14.5. The number of aromatic amines is 2. The molecule has 4 heteroatoms. The maximum atomic E-state index is 4.98. The van der Waals surface area contributed by atoms with Crippen LogP contribution in [0.3, 0.4) is 0 Å². The molecule has 2 aliphatic rings. The Morgan fingerprint density at radius 1 is 0.405 bits per heavy atom. The van der Waals surface area contributed by atoms with Crippen LogP contribution in [0.1, 0.15) is 56.2 Å². The van der Waals surface area contributed by atoms with Crippen LogP contribution in [-0.4, -0.2) is 19.9 Å². The number of aryl methyl sites for hydroxylation is 6. The van der Waals surface area contributed by atoms with E-state index in [9.17, 15) is 0 Å². The first-order valence-electron chi connectivity index (χ1n) is 14.5. The van der Waals surface area contributed by atoms with Crippen molar-refractivity contribution >= 4 is 46.4 Å². The second-order valence-electron chi connectivity index (χ2n) is 11.8. The summed E-state index contributed by atoms with van der Waals surface area (Å²) in [5, 5.41) is 0. The SMILES string of the molecule is Cc1cc(C)c(-c2c(-c3c(C)cc(C)cc3C)c3cc4nc(cc5ccc(cc6nc(cc2[nH]3)C=C6)[nH]5)C=C4)c(C)c1. The molecule has 2 aliphatic heterocycles. The molecule has 0 atom stereocenters. The standard InChI is InChI=1S/C38H34N4/c1-21-13-23(3)35(24(4)14-21)37-33-19-31-11-9-29(40-31)17-27-7-8-28(39-27)18-30-10-12-32(41-30)20-34(42-33)38(37)36-25(5)15-22(2)16-26(36)6/h7-20,39,42H,1-6H3. The summed E-state index contributed by atoms with van der Waals surface area (Å²) in [4.78, 5) is 17.3. The van der Waals surface area contributed by atoms with Crippen LogP contribution in [0.4, 0.5) is 0 Å². The molecule has 0 saturated carbocycles. The molecule has 206 valence electrons. The fraction of sp³-hybridized carbons (Fsp3) is 0.158. The molecule has 0 fully saturated rings. The van der Waals surface area contributed by atoms with E-state index in [1.54, 1.807) is 0 Å². The molecule has 0 spiro atoms. The fourth-order valence-corrected chi connectivity index (χ4v) is 6.75. The number of hydrogen-bond acceptors (Lipinski definition) is 2. The van der Waals surface area contributed by atoms with Crippen molar-refractivity contribution in [1.82, 2.24) is 19.9 Å². The van der Waals surface area contributed by atoms with Crippen LogP contribution in [-0.2, 0) is 0 Å². The second-order valence-corrected chi connectivity index (χ2v) is 11.8. The van der Waals surface area contributed by atoms with E-state index in [1.807, 2.05) is 0 Å². The Morgan fingerprint density at radius 2 is 0.762 bits per heavy atom. The zero-order chi connectivity index (χ0) is 29.1. The number of aromatic nitrogens is 4. The highest BCUT2D eigenvalue weighted by atomic mass is 14.8. The van der Waals surface area contributed by atoms with Gasteiger partial charge in [0, 0.05) is 33.2 Å². The summed E-state index contributed by atoms with van der Waals surface area (Å²) in [6.07, 6.45) is 8.34. The molecule has 5 aromatic rings. The molecule has 7 rings (SSSR count). The van der Waals surface area contributed by atoms with Gasteiger partial charge in [-0.25, -0.2) is 9.97 Å². The summed E-state index contributed by atoms with van der Waals surface area (Å²) in [7, 11) is 0. The van der Waals surface area contributed by atoms with Crippen LogP contribution >= 0.6 is 0 Å². The van der Waals surface area contributed by atoms with Crippen LogP contribution < -0.4 is 0 Å². The van der Waals surface area contributed by atoms with E-state index in [4.69, 9.17) is 9.97 Å². The molecule has 0 unspecified atom stereocenters. The van der Waals surface area contributed by atoms with E-state index in [1.165, 1.54) is 55.6 Å². The van der Waals surface area contributed by atoms with Crippen molar-refractivity contribution in [3.63, 3.8) is 0 Å². The van der Waals surface area contributed by atoms with Crippen molar-refractivity contribution < 1.29 is 0 Å². The van der Waals surface area contributed by atoms with Gasteiger partial charge in [-0.2, -0.15) is 0 Å². The third-order valence-electron chi connectivity index (χ3n) is 8.20. The summed E-state index contributed by atoms with van der Waals surface area (Å²) in [5.41, 5.74) is 20.3. The molecule has 2 N–H and O–H groups in total. The Hall–Kier alpha value is -4.96. The molecule has 0 amide bonds. The monoisotopic (exact) mass is 546 g/mol. The second kappa shape index (κ2) is 9.85. The van der Waals surface area contributed by atoms with Crippen molar-refractivity contribution in [3.8, 4) is 22.3 Å². The van der Waals surface area contributed by atoms with E-state index >= 15 is 0 Å². The van der Waals surface area contributed by atoms with E-state index in [0.29, 0.717) is 0 Å². The number of nitrogens with one attached hydrogen (secondary N) is 2. The molecule has 4 nitrogen and oxygen atoms in total. The highest BCUT2D eigenvalue weighted by molar-refractivity contribution is 6.06. The van der Waals surface area contributed by atoms with Gasteiger partial charge in [0.15, 0.2) is 0 Å². The molecule has 0 aliphatic carbocycles. The number of benzene rings is 2. The average molecular weight is 547 g/mol. The third kappa shape index (κ3) is 4.59. The lowest BCUT2D eigenvalue weighted by Crippen LogP contribution is -1.95. The van der Waals surface area contributed by atoms with Gasteiger partial charge in [-0.05, 0) is 136 Å². The van der Waals surface area contributed by atoms with Crippen LogP contribution in [0.15, 0.2) is 60.7 Å². The number of nitrogens with zero attached hydrogens (tertiary/aromatic N) is 2. The van der Waals surface area contributed by atoms with E-state index in [2.05, 4.69) is 136 Å². The maximum Gasteiger partial charge on any atom is 0.0658 e. The number of hydrogen-bond donors (Lipinski definition) is 2. The highest BCUT2D eigenvalue weighted by Crippen LogP contribution is 2.45. The van der Waals surface area contributed by atoms with Crippen LogP contribution in [0.25, 0.3) is 68.6 Å². The van der Waals surface area contributed by atoms with Crippen LogP contribution in [0.5, 0.6) is 0 Å². The predicted molar refractivity (Wildman–Crippen MR) is 178 cm³/mol. The Bertz CT molecular complexity index is 1950. The molecule has 8 bridgehead atoms. The van der Waals surface area contributed by atoms with Gasteiger partial charge < -0.3 is 9.97 Å². The summed E-state index contributed by atoms with van der Waals surface area (Å²) >= 11 is 0. The number of H-pyrrole nitrogens is 2. The lowest BCUT2D eigenvalue weighted by molar-refractivity contribution is 1.31. The van der Waals surface area contributed by atoms with Crippen molar-refractivity contribution in [2.45, 2.75) is 41.5 Å². The molecule has 2 aromatic carbocycles. The van der Waals surface area contributed by atoms with Crippen molar-refractivity contribution in [1.29, 1.82) is 0 Å². The van der Waals surface area contributed by atoms with Gasteiger partial charge in [0.25, 0.3) is 0 Å². The lowest BCUT2D eigenvalue weighted by Gasteiger charge is -2.17. The smallest absolute Gasteiger partial charge is 0.0658 e. The lowest BCUT2D eigenvalue weighted by atomic mass is 9.86. The molecule has 5 heterocycles. The minimum atomic E-state index is 0.917. The average Bonchev–Trinajstić information content (AvgIpc) is 3.70. The van der Waals surface area contributed by atoms with Gasteiger partial charge in [0.1, 0.15) is 0 Å². The molecule has 3 aromatic heterocycles. The van der Waals surface area contributed by atoms with Crippen LogP contribution in [0.2, 0.25) is 0 Å². The quantitative estimate of drug-likeness (QED) is 0.227. The first kappa shape index (κ1) is 26.0. The highest BCUT2D eigenvalue weighted by Gasteiger charge is 2.22. The maximum absolute atomic E-state index is 4.98. The molecule has 42 heavy (non-hydrogen) atoms. The largest absolute Gasteiger partial charge is 0.355 e. The number of fused-ring (bicyclic) bond motifs is 8. The Kier molecular flexibility index (Phi) is 6.09. The minimum Gasteiger partial charge on any atom is -0.355 e. The first-order chi connectivity index (χ1) is 20.2. The molecule has 0 saturated heterocycles. The Balaban J connectivity index is 1.70. The summed E-state index contributed by atoms with van der Waals surface area (Å²) < 4.78 is 0. The van der Waals surface area contributed by atoms with Gasteiger partial charge in [-0.1, -0.05) is 35.4 Å². The Morgan fingerprint density at radius 3 is 1.14 bits per heavy atom. The summed E-state index contributed by atoms with van der Waals surface area (Å²) in [5.74, 6) is 0. The van der Waals surface area contributed by atoms with E-state index in [0.717, 1.165) is 44.8 Å². The third-order valence-corrected chi connectivity index (χ3v) is 8.20. The molecular formula is C38H34N4. The van der Waals surface area contributed by atoms with E-state index < -0.39 is 0 Å². The van der Waals surface area contributed by atoms with Crippen molar-refractivity contribution in [3.05, 3.63) is 117 Å². The summed E-state index contributed by atoms with van der Waals surface area (Å²) in [6, 6.07) is 21.8. The van der Waals surface area contributed by atoms with E-state index in [-0.39, 0.29) is 0 Å². The van der Waals surface area contributed by atoms with Gasteiger partial charge in [-0.15, -0.1) is 0 Å². The normalized spacial score (nSPS) is 12.3. The van der Waals surface area contributed by atoms with Crippen molar-refractivity contribution in [2.24, 2.45) is 0 Å². The predicted octanol–water partition coefficient (Wildman–Crippen LogP) is 9.84. The zero-order valence-corrected chi connectivity index (χ0v) is 25.0. The van der Waals surface area contributed by atoms with Gasteiger partial charge in [0.2, 0.25) is 0 Å². The van der Waals surface area contributed by atoms with Crippen molar-refractivity contribution in [2.75, 3.05) is 0 Å². The topological polar surface area (TPSA) is 57.4 Å². The zero-order valence-electron chi connectivity index (χ0n) is 25.0. The van der Waals surface area contributed by atoms with Gasteiger partial charge in [-0.3, -0.25) is 0 Å². The number of rotatable bonds is 2. The summed E-state index contributed by atoms with van der Waals surface area (Å²) in [6.45, 7) is 13.2. The Labute approximate surface area is 246 Å². The molecular weight excluding hydrogens is 512 g/mol. The fourth-order valence-electron chi connectivity index (χ4n) is 6.75. The van der Waals surface area contributed by atoms with Gasteiger partial charge >= 0.3 is 0 Å². The van der Waals surface area contributed by atoms with Crippen LogP contribution in [0, 0.1) is 41.5 Å². The van der Waals surface area contributed by atoms with Gasteiger partial charge in [0.05, 0.1) is 22.8 Å². The molecule has 0 radical (unpaired) electrons. The minimum absolute atomic E-state index is 0.917.